The molecule has 0 bridgehead atoms. The highest BCUT2D eigenvalue weighted by molar-refractivity contribution is 7.89. The van der Waals surface area contributed by atoms with Gasteiger partial charge in [-0.2, -0.15) is 4.31 Å². The molecule has 2 saturated heterocycles. The first-order chi connectivity index (χ1) is 19.3. The van der Waals surface area contributed by atoms with Gasteiger partial charge in [-0.3, -0.25) is 9.59 Å². The lowest BCUT2D eigenvalue weighted by Crippen LogP contribution is -2.57. The maximum atomic E-state index is 13.9. The van der Waals surface area contributed by atoms with Gasteiger partial charge < -0.3 is 19.9 Å². The Labute approximate surface area is 235 Å². The molecule has 5 rings (SSSR count). The van der Waals surface area contributed by atoms with Crippen molar-refractivity contribution in [1.29, 1.82) is 0 Å². The van der Waals surface area contributed by atoms with Crippen molar-refractivity contribution in [2.45, 2.75) is 29.7 Å². The Kier molecular flexibility index (Phi) is 8.09. The van der Waals surface area contributed by atoms with E-state index in [1.54, 1.807) is 42.3 Å². The number of benzene rings is 3. The van der Waals surface area contributed by atoms with E-state index < -0.39 is 15.6 Å². The molecule has 0 saturated carbocycles. The topological polar surface area (TPSA) is 99.3 Å². The largest absolute Gasteiger partial charge is 0.496 e. The zero-order chi connectivity index (χ0) is 28.2. The van der Waals surface area contributed by atoms with Crippen molar-refractivity contribution in [3.8, 4) is 5.75 Å². The Hall–Kier alpha value is -3.89. The van der Waals surface area contributed by atoms with Crippen LogP contribution in [0.25, 0.3) is 0 Å². The Morgan fingerprint density at radius 2 is 1.55 bits per heavy atom. The zero-order valence-electron chi connectivity index (χ0n) is 22.5. The minimum Gasteiger partial charge on any atom is -0.496 e. The normalized spacial score (nSPS) is 17.3. The highest BCUT2D eigenvalue weighted by atomic mass is 32.2. The minimum atomic E-state index is -3.66. The SMILES string of the molecule is COc1ccccc1CCNC(=O)CN1CN(c2ccccc2)C2(CCN(S(=O)(=O)c3ccccc3)CC2)C1=O. The van der Waals surface area contributed by atoms with Crippen LogP contribution in [0.3, 0.4) is 0 Å². The average Bonchev–Trinajstić information content (AvgIpc) is 3.24. The van der Waals surface area contributed by atoms with Crippen LogP contribution in [0.5, 0.6) is 5.75 Å². The number of amides is 2. The highest BCUT2D eigenvalue weighted by Crippen LogP contribution is 2.40. The maximum absolute atomic E-state index is 13.9. The Morgan fingerprint density at radius 1 is 0.925 bits per heavy atom. The third kappa shape index (κ3) is 5.41. The lowest BCUT2D eigenvalue weighted by molar-refractivity contribution is -0.137. The van der Waals surface area contributed by atoms with Crippen molar-refractivity contribution in [1.82, 2.24) is 14.5 Å². The van der Waals surface area contributed by atoms with Crippen molar-refractivity contribution in [2.24, 2.45) is 0 Å². The van der Waals surface area contributed by atoms with Crippen molar-refractivity contribution in [3.63, 3.8) is 0 Å². The van der Waals surface area contributed by atoms with Crippen molar-refractivity contribution in [3.05, 3.63) is 90.5 Å². The molecule has 0 aliphatic carbocycles. The summed E-state index contributed by atoms with van der Waals surface area (Å²) in [6, 6.07) is 25.7. The zero-order valence-corrected chi connectivity index (χ0v) is 23.3. The molecule has 9 nitrogen and oxygen atoms in total. The lowest BCUT2D eigenvalue weighted by Gasteiger charge is -2.42. The van der Waals surface area contributed by atoms with Crippen molar-refractivity contribution in [2.75, 3.05) is 44.9 Å². The van der Waals surface area contributed by atoms with Gasteiger partial charge in [0.05, 0.1) is 18.7 Å². The first-order valence-corrected chi connectivity index (χ1v) is 14.8. The van der Waals surface area contributed by atoms with Gasteiger partial charge >= 0.3 is 0 Å². The number of ether oxygens (including phenoxy) is 1. The predicted molar refractivity (Wildman–Crippen MR) is 152 cm³/mol. The fraction of sp³-hybridized carbons (Fsp3) is 0.333. The number of carbonyl (C=O) groups is 2. The average molecular weight is 563 g/mol. The third-order valence-electron chi connectivity index (χ3n) is 7.76. The molecule has 210 valence electrons. The molecule has 40 heavy (non-hydrogen) atoms. The Balaban J connectivity index is 1.28. The van der Waals surface area contributed by atoms with Crippen LogP contribution in [0.1, 0.15) is 18.4 Å². The summed E-state index contributed by atoms with van der Waals surface area (Å²) in [5, 5.41) is 2.93. The van der Waals surface area contributed by atoms with Crippen molar-refractivity contribution < 1.29 is 22.7 Å². The maximum Gasteiger partial charge on any atom is 0.250 e. The smallest absolute Gasteiger partial charge is 0.250 e. The third-order valence-corrected chi connectivity index (χ3v) is 9.67. The second-order valence-corrected chi connectivity index (χ2v) is 12.0. The number of nitrogens with zero attached hydrogens (tertiary/aromatic N) is 3. The van der Waals surface area contributed by atoms with E-state index in [9.17, 15) is 18.0 Å². The standard InChI is InChI=1S/C30H34N4O5S/c1-39-27-15-9-8-10-24(27)16-19-31-28(35)22-32-23-34(25-11-4-2-5-12-25)30(29(32)36)17-20-33(21-18-30)40(37,38)26-13-6-3-7-14-26/h2-15H,16-23H2,1H3,(H,31,35). The van der Waals surface area contributed by atoms with Gasteiger partial charge in [-0.25, -0.2) is 8.42 Å². The van der Waals surface area contributed by atoms with E-state index in [0.717, 1.165) is 17.0 Å². The molecule has 0 aromatic heterocycles. The van der Waals surface area contributed by atoms with Crippen LogP contribution in [0.2, 0.25) is 0 Å². The van der Waals surface area contributed by atoms with Crippen LogP contribution in [-0.2, 0) is 26.0 Å². The van der Waals surface area contributed by atoms with E-state index in [4.69, 9.17) is 4.74 Å². The Bertz CT molecular complexity index is 1440. The van der Waals surface area contributed by atoms with Crippen LogP contribution in [0.4, 0.5) is 5.69 Å². The number of para-hydroxylation sites is 2. The number of carbonyl (C=O) groups excluding carboxylic acids is 2. The Morgan fingerprint density at radius 3 is 2.23 bits per heavy atom. The monoisotopic (exact) mass is 562 g/mol. The summed E-state index contributed by atoms with van der Waals surface area (Å²) < 4.78 is 33.3. The molecule has 2 heterocycles. The molecule has 1 N–H and O–H groups in total. The van der Waals surface area contributed by atoms with Crippen LogP contribution in [0.15, 0.2) is 89.8 Å². The van der Waals surface area contributed by atoms with Gasteiger partial charge in [0.15, 0.2) is 0 Å². The number of nitrogens with one attached hydrogen (secondary N) is 1. The summed E-state index contributed by atoms with van der Waals surface area (Å²) in [7, 11) is -2.04. The van der Waals surface area contributed by atoms with Crippen LogP contribution in [-0.4, -0.2) is 74.9 Å². The summed E-state index contributed by atoms with van der Waals surface area (Å²) >= 11 is 0. The molecule has 0 atom stereocenters. The lowest BCUT2D eigenvalue weighted by atomic mass is 9.86. The molecule has 3 aromatic carbocycles. The van der Waals surface area contributed by atoms with Gasteiger partial charge in [-0.05, 0) is 55.2 Å². The van der Waals surface area contributed by atoms with Gasteiger partial charge in [-0.15, -0.1) is 0 Å². The van der Waals surface area contributed by atoms with Gasteiger partial charge in [0.2, 0.25) is 21.8 Å². The molecule has 1 spiro atoms. The number of hydrogen-bond donors (Lipinski definition) is 1. The molecule has 2 aliphatic rings. The molecule has 2 amide bonds. The molecule has 10 heteroatoms. The second kappa shape index (κ2) is 11.7. The molecule has 2 aliphatic heterocycles. The summed E-state index contributed by atoms with van der Waals surface area (Å²) in [6.45, 7) is 1.04. The molecule has 3 aromatic rings. The van der Waals surface area contributed by atoms with E-state index in [1.807, 2.05) is 59.5 Å². The molecular formula is C30H34N4O5S. The molecular weight excluding hydrogens is 528 g/mol. The quantitative estimate of drug-likeness (QED) is 0.431. The van der Waals surface area contributed by atoms with Gasteiger partial charge in [-0.1, -0.05) is 54.6 Å². The van der Waals surface area contributed by atoms with E-state index >= 15 is 0 Å². The first-order valence-electron chi connectivity index (χ1n) is 13.4. The summed E-state index contributed by atoms with van der Waals surface area (Å²) in [4.78, 5) is 30.7. The van der Waals surface area contributed by atoms with Crippen LogP contribution < -0.4 is 15.0 Å². The number of hydrogen-bond acceptors (Lipinski definition) is 6. The van der Waals surface area contributed by atoms with E-state index in [2.05, 4.69) is 5.32 Å². The second-order valence-electron chi connectivity index (χ2n) is 10.1. The number of anilines is 1. The number of methoxy groups -OCH3 is 1. The summed E-state index contributed by atoms with van der Waals surface area (Å²) in [5.41, 5.74) is 0.949. The van der Waals surface area contributed by atoms with Gasteiger partial charge in [0.25, 0.3) is 0 Å². The van der Waals surface area contributed by atoms with E-state index in [0.29, 0.717) is 25.8 Å². The number of piperidine rings is 1. The van der Waals surface area contributed by atoms with E-state index in [-0.39, 0.29) is 43.0 Å². The molecule has 2 fully saturated rings. The first kappa shape index (κ1) is 27.7. The fourth-order valence-corrected chi connectivity index (χ4v) is 7.10. The van der Waals surface area contributed by atoms with E-state index in [1.165, 1.54) is 4.31 Å². The molecule has 0 radical (unpaired) electrons. The summed E-state index contributed by atoms with van der Waals surface area (Å²) in [6.07, 6.45) is 1.27. The molecule has 0 unspecified atom stereocenters. The van der Waals surface area contributed by atoms with Gasteiger partial charge in [0.1, 0.15) is 17.8 Å². The predicted octanol–water partition coefficient (Wildman–Crippen LogP) is 2.88. The number of sulfonamides is 1. The highest BCUT2D eigenvalue weighted by Gasteiger charge is 2.55. The minimum absolute atomic E-state index is 0.0676. The fourth-order valence-electron chi connectivity index (χ4n) is 5.64. The summed E-state index contributed by atoms with van der Waals surface area (Å²) in [5.74, 6) is 0.387. The van der Waals surface area contributed by atoms with Crippen LogP contribution in [0, 0.1) is 0 Å². The van der Waals surface area contributed by atoms with Gasteiger partial charge in [0, 0.05) is 25.3 Å². The van der Waals surface area contributed by atoms with Crippen LogP contribution >= 0.6 is 0 Å². The number of rotatable bonds is 9. The van der Waals surface area contributed by atoms with Crippen molar-refractivity contribution >= 4 is 27.5 Å².